The molecule has 1 aliphatic rings. The summed E-state index contributed by atoms with van der Waals surface area (Å²) in [6.07, 6.45) is -2.55. The fraction of sp³-hybridized carbons (Fsp3) is 0.312. The van der Waals surface area contributed by atoms with Gasteiger partial charge in [0, 0.05) is 11.5 Å². The van der Waals surface area contributed by atoms with E-state index in [0.29, 0.717) is 17.1 Å². The Morgan fingerprint density at radius 1 is 1.24 bits per heavy atom. The van der Waals surface area contributed by atoms with Crippen molar-refractivity contribution in [2.45, 2.75) is 24.9 Å². The molecular formula is C16H14ClF3N4O. The Kier molecular flexibility index (Phi) is 4.55. The van der Waals surface area contributed by atoms with Gasteiger partial charge in [0.25, 0.3) is 0 Å². The molecule has 0 aliphatic heterocycles. The van der Waals surface area contributed by atoms with Gasteiger partial charge in [0.2, 0.25) is 5.91 Å². The first kappa shape index (κ1) is 17.5. The van der Waals surface area contributed by atoms with E-state index in [2.05, 4.69) is 15.3 Å². The first-order valence-corrected chi connectivity index (χ1v) is 7.90. The smallest absolute Gasteiger partial charge is 0.368 e. The van der Waals surface area contributed by atoms with Crippen LogP contribution in [0.2, 0.25) is 5.02 Å². The predicted molar refractivity (Wildman–Crippen MR) is 87.1 cm³/mol. The lowest BCUT2D eigenvalue weighted by atomic mass is 10.1. The van der Waals surface area contributed by atoms with E-state index < -0.39 is 17.6 Å². The number of benzene rings is 1. The van der Waals surface area contributed by atoms with E-state index in [9.17, 15) is 18.0 Å². The van der Waals surface area contributed by atoms with Gasteiger partial charge in [-0.3, -0.25) is 4.79 Å². The number of carbonyl (C=O) groups excluding carboxylic acids is 1. The molecule has 25 heavy (non-hydrogen) atoms. The van der Waals surface area contributed by atoms with Crippen molar-refractivity contribution in [3.63, 3.8) is 0 Å². The summed E-state index contributed by atoms with van der Waals surface area (Å²) < 4.78 is 38.1. The molecule has 1 aromatic heterocycles. The molecule has 9 heteroatoms. The van der Waals surface area contributed by atoms with E-state index in [1.165, 1.54) is 12.1 Å². The molecule has 0 bridgehead atoms. The first-order valence-electron chi connectivity index (χ1n) is 7.53. The molecule has 1 heterocycles. The van der Waals surface area contributed by atoms with Crippen molar-refractivity contribution < 1.29 is 18.0 Å². The lowest BCUT2D eigenvalue weighted by molar-refractivity contribution is -0.137. The Morgan fingerprint density at radius 2 is 1.88 bits per heavy atom. The summed E-state index contributed by atoms with van der Waals surface area (Å²) in [5, 5.41) is 2.87. The predicted octanol–water partition coefficient (Wildman–Crippen LogP) is 3.59. The Labute approximate surface area is 146 Å². The minimum atomic E-state index is -4.42. The Balaban J connectivity index is 2.00. The second-order valence-electron chi connectivity index (χ2n) is 5.76. The first-order chi connectivity index (χ1) is 11.8. The van der Waals surface area contributed by atoms with Crippen molar-refractivity contribution in [1.82, 2.24) is 9.97 Å². The molecule has 1 saturated carbocycles. The molecule has 0 radical (unpaired) electrons. The third-order valence-electron chi connectivity index (χ3n) is 3.73. The lowest BCUT2D eigenvalue weighted by Crippen LogP contribution is -2.22. The molecule has 3 N–H and O–H groups in total. The molecule has 0 saturated heterocycles. The van der Waals surface area contributed by atoms with Crippen LogP contribution in [-0.4, -0.2) is 22.4 Å². The number of nitrogens with one attached hydrogen (secondary N) is 1. The summed E-state index contributed by atoms with van der Waals surface area (Å²) in [4.78, 5) is 19.7. The van der Waals surface area contributed by atoms with Crippen LogP contribution in [0.15, 0.2) is 24.3 Å². The Bertz CT molecular complexity index is 804. The molecule has 0 spiro atoms. The van der Waals surface area contributed by atoms with Gasteiger partial charge in [0.1, 0.15) is 16.7 Å². The second-order valence-corrected chi connectivity index (χ2v) is 6.14. The number of amides is 1. The van der Waals surface area contributed by atoms with E-state index in [-0.39, 0.29) is 23.3 Å². The number of aromatic nitrogens is 2. The Hall–Kier alpha value is -2.35. The molecule has 1 aliphatic carbocycles. The number of alkyl halides is 3. The SMILES string of the molecule is NC(=O)CNc1nc(C2CC2)nc(-c2ccc(C(F)(F)F)cc2)c1Cl. The topological polar surface area (TPSA) is 80.9 Å². The maximum Gasteiger partial charge on any atom is 0.416 e. The summed E-state index contributed by atoms with van der Waals surface area (Å²) >= 11 is 6.29. The summed E-state index contributed by atoms with van der Waals surface area (Å²) in [5.41, 5.74) is 5.11. The van der Waals surface area contributed by atoms with Crippen LogP contribution in [-0.2, 0) is 11.0 Å². The highest BCUT2D eigenvalue weighted by Gasteiger charge is 2.31. The van der Waals surface area contributed by atoms with E-state index in [0.717, 1.165) is 25.0 Å². The standard InChI is InChI=1S/C16H14ClF3N4O/c17-12-13(8-3-5-10(6-4-8)16(18,19)20)23-14(9-1-2-9)24-15(12)22-7-11(21)25/h3-6,9H,1-2,7H2,(H2,21,25)(H,22,23,24). The zero-order valence-corrected chi connectivity index (χ0v) is 13.7. The maximum absolute atomic E-state index is 12.7. The fourth-order valence-corrected chi connectivity index (χ4v) is 2.55. The molecule has 2 aromatic rings. The molecular weight excluding hydrogens is 357 g/mol. The van der Waals surface area contributed by atoms with Gasteiger partial charge in [0.05, 0.1) is 17.8 Å². The quantitative estimate of drug-likeness (QED) is 0.842. The number of hydrogen-bond acceptors (Lipinski definition) is 4. The molecule has 3 rings (SSSR count). The van der Waals surface area contributed by atoms with Crippen molar-refractivity contribution in [1.29, 1.82) is 0 Å². The minimum Gasteiger partial charge on any atom is -0.368 e. The highest BCUT2D eigenvalue weighted by Crippen LogP contribution is 2.41. The van der Waals surface area contributed by atoms with Gasteiger partial charge in [-0.2, -0.15) is 13.2 Å². The van der Waals surface area contributed by atoms with Crippen LogP contribution in [0.3, 0.4) is 0 Å². The molecule has 1 amide bonds. The molecule has 1 fully saturated rings. The fourth-order valence-electron chi connectivity index (χ4n) is 2.28. The zero-order valence-electron chi connectivity index (χ0n) is 12.9. The number of nitrogens with two attached hydrogens (primary N) is 1. The van der Waals surface area contributed by atoms with E-state index in [1.54, 1.807) is 0 Å². The highest BCUT2D eigenvalue weighted by molar-refractivity contribution is 6.35. The van der Waals surface area contributed by atoms with E-state index in [4.69, 9.17) is 17.3 Å². The van der Waals surface area contributed by atoms with Gasteiger partial charge in [0.15, 0.2) is 0 Å². The van der Waals surface area contributed by atoms with Gasteiger partial charge >= 0.3 is 6.18 Å². The van der Waals surface area contributed by atoms with Crippen LogP contribution in [0, 0.1) is 0 Å². The van der Waals surface area contributed by atoms with Gasteiger partial charge < -0.3 is 11.1 Å². The summed E-state index contributed by atoms with van der Waals surface area (Å²) in [5.74, 6) is 0.400. The zero-order chi connectivity index (χ0) is 18.2. The van der Waals surface area contributed by atoms with Gasteiger partial charge in [-0.15, -0.1) is 0 Å². The molecule has 132 valence electrons. The monoisotopic (exact) mass is 370 g/mol. The second kappa shape index (κ2) is 6.51. The number of hydrogen-bond donors (Lipinski definition) is 2. The van der Waals surface area contributed by atoms with Crippen molar-refractivity contribution in [3.8, 4) is 11.3 Å². The largest absolute Gasteiger partial charge is 0.416 e. The Morgan fingerprint density at radius 3 is 2.40 bits per heavy atom. The van der Waals surface area contributed by atoms with Crippen molar-refractivity contribution in [3.05, 3.63) is 40.7 Å². The van der Waals surface area contributed by atoms with E-state index >= 15 is 0 Å². The van der Waals surface area contributed by atoms with Crippen LogP contribution in [0.5, 0.6) is 0 Å². The highest BCUT2D eigenvalue weighted by atomic mass is 35.5. The number of anilines is 1. The van der Waals surface area contributed by atoms with Crippen LogP contribution in [0.4, 0.5) is 19.0 Å². The van der Waals surface area contributed by atoms with Gasteiger partial charge in [-0.1, -0.05) is 23.7 Å². The van der Waals surface area contributed by atoms with Crippen molar-refractivity contribution in [2.75, 3.05) is 11.9 Å². The number of halogens is 4. The van der Waals surface area contributed by atoms with Crippen molar-refractivity contribution >= 4 is 23.3 Å². The molecule has 5 nitrogen and oxygen atoms in total. The third-order valence-corrected chi connectivity index (χ3v) is 4.08. The molecule has 0 atom stereocenters. The summed E-state index contributed by atoms with van der Waals surface area (Å²) in [7, 11) is 0. The minimum absolute atomic E-state index is 0.130. The van der Waals surface area contributed by atoms with Crippen LogP contribution < -0.4 is 11.1 Å². The normalized spacial score (nSPS) is 14.4. The molecule has 1 aromatic carbocycles. The van der Waals surface area contributed by atoms with Crippen LogP contribution in [0.1, 0.15) is 30.1 Å². The van der Waals surface area contributed by atoms with Gasteiger partial charge in [-0.25, -0.2) is 9.97 Å². The number of nitrogens with zero attached hydrogens (tertiary/aromatic N) is 2. The number of rotatable bonds is 5. The molecule has 0 unspecified atom stereocenters. The third kappa shape index (κ3) is 4.01. The van der Waals surface area contributed by atoms with Crippen LogP contribution in [0.25, 0.3) is 11.3 Å². The van der Waals surface area contributed by atoms with E-state index in [1.807, 2.05) is 0 Å². The van der Waals surface area contributed by atoms with Crippen molar-refractivity contribution in [2.24, 2.45) is 5.73 Å². The maximum atomic E-state index is 12.7. The average Bonchev–Trinajstić information content (AvgIpc) is 3.38. The van der Waals surface area contributed by atoms with Gasteiger partial charge in [-0.05, 0) is 25.0 Å². The average molecular weight is 371 g/mol. The number of primary amides is 1. The lowest BCUT2D eigenvalue weighted by Gasteiger charge is -2.13. The van der Waals surface area contributed by atoms with Crippen LogP contribution >= 0.6 is 11.6 Å². The number of carbonyl (C=O) groups is 1. The summed E-state index contributed by atoms with van der Waals surface area (Å²) in [6, 6.07) is 4.57. The summed E-state index contributed by atoms with van der Waals surface area (Å²) in [6.45, 7) is -0.159.